The van der Waals surface area contributed by atoms with E-state index in [0.29, 0.717) is 6.04 Å². The van der Waals surface area contributed by atoms with Gasteiger partial charge in [-0.05, 0) is 65.1 Å². The number of likely N-dealkylation sites (tertiary alicyclic amines) is 1. The molecule has 1 aliphatic rings. The van der Waals surface area contributed by atoms with Crippen molar-refractivity contribution < 1.29 is 4.39 Å². The van der Waals surface area contributed by atoms with Crippen molar-refractivity contribution in [2.45, 2.75) is 25.4 Å². The van der Waals surface area contributed by atoms with Gasteiger partial charge in [-0.3, -0.25) is 4.90 Å². The number of rotatable bonds is 3. The fourth-order valence-corrected chi connectivity index (χ4v) is 4.22. The molecule has 0 saturated carbocycles. The van der Waals surface area contributed by atoms with E-state index in [1.807, 2.05) is 12.1 Å². The van der Waals surface area contributed by atoms with Gasteiger partial charge in [0.05, 0.1) is 3.79 Å². The predicted molar refractivity (Wildman–Crippen MR) is 80.8 cm³/mol. The molecule has 2 aromatic rings. The molecular formula is C15H15BrFNS. The molecule has 19 heavy (non-hydrogen) atoms. The topological polar surface area (TPSA) is 3.24 Å². The average molecular weight is 340 g/mol. The van der Waals surface area contributed by atoms with Gasteiger partial charge in [-0.1, -0.05) is 12.1 Å². The lowest BCUT2D eigenvalue weighted by Gasteiger charge is -2.24. The Labute approximate surface area is 125 Å². The van der Waals surface area contributed by atoms with Crippen LogP contribution in [0.2, 0.25) is 0 Å². The highest BCUT2D eigenvalue weighted by Gasteiger charge is 2.26. The summed E-state index contributed by atoms with van der Waals surface area (Å²) in [6.45, 7) is 2.11. The average Bonchev–Trinajstić information content (AvgIpc) is 3.00. The number of hydrogen-bond donors (Lipinski definition) is 0. The minimum Gasteiger partial charge on any atom is -0.291 e. The lowest BCUT2D eigenvalue weighted by Crippen LogP contribution is -2.22. The standard InChI is InChI=1S/C15H15BrFNS/c16-15-8-7-13(19-15)10-18-9-1-2-14(18)11-3-5-12(17)6-4-11/h3-8,14H,1-2,9-10H2/t14-/m1/s1. The van der Waals surface area contributed by atoms with Crippen LogP contribution in [0.5, 0.6) is 0 Å². The summed E-state index contributed by atoms with van der Waals surface area (Å²) < 4.78 is 14.2. The number of halogens is 2. The summed E-state index contributed by atoms with van der Waals surface area (Å²) in [5.41, 5.74) is 1.23. The SMILES string of the molecule is Fc1ccc([C@H]2CCCN2Cc2ccc(Br)s2)cc1. The van der Waals surface area contributed by atoms with Gasteiger partial charge in [0.15, 0.2) is 0 Å². The Bertz CT molecular complexity index is 552. The fourth-order valence-electron chi connectivity index (χ4n) is 2.71. The Morgan fingerprint density at radius 2 is 2.00 bits per heavy atom. The van der Waals surface area contributed by atoms with E-state index in [1.165, 1.54) is 20.6 Å². The minimum absolute atomic E-state index is 0.157. The maximum absolute atomic E-state index is 13.0. The van der Waals surface area contributed by atoms with E-state index in [1.54, 1.807) is 23.5 Å². The normalized spacial score (nSPS) is 20.0. The Kier molecular flexibility index (Phi) is 4.01. The molecule has 1 aromatic carbocycles. The van der Waals surface area contributed by atoms with Gasteiger partial charge >= 0.3 is 0 Å². The monoisotopic (exact) mass is 339 g/mol. The zero-order valence-corrected chi connectivity index (χ0v) is 12.9. The minimum atomic E-state index is -0.157. The van der Waals surface area contributed by atoms with E-state index >= 15 is 0 Å². The summed E-state index contributed by atoms with van der Waals surface area (Å²) in [7, 11) is 0. The molecule has 1 saturated heterocycles. The van der Waals surface area contributed by atoms with Crippen molar-refractivity contribution in [1.29, 1.82) is 0 Å². The van der Waals surface area contributed by atoms with E-state index in [9.17, 15) is 4.39 Å². The van der Waals surface area contributed by atoms with E-state index in [-0.39, 0.29) is 5.82 Å². The van der Waals surface area contributed by atoms with Gasteiger partial charge in [0.2, 0.25) is 0 Å². The third-order valence-electron chi connectivity index (χ3n) is 3.61. The second-order valence-electron chi connectivity index (χ2n) is 4.89. The van der Waals surface area contributed by atoms with Gasteiger partial charge in [-0.25, -0.2) is 4.39 Å². The Balaban J connectivity index is 1.76. The second kappa shape index (κ2) is 5.73. The fraction of sp³-hybridized carbons (Fsp3) is 0.333. The molecule has 0 spiro atoms. The molecule has 0 amide bonds. The Hall–Kier alpha value is -0.710. The van der Waals surface area contributed by atoms with E-state index < -0.39 is 0 Å². The highest BCUT2D eigenvalue weighted by atomic mass is 79.9. The molecule has 2 heterocycles. The van der Waals surface area contributed by atoms with E-state index in [2.05, 4.69) is 33.0 Å². The third-order valence-corrected chi connectivity index (χ3v) is 5.21. The van der Waals surface area contributed by atoms with Crippen LogP contribution in [0.3, 0.4) is 0 Å². The van der Waals surface area contributed by atoms with Gasteiger partial charge in [-0.15, -0.1) is 11.3 Å². The zero-order chi connectivity index (χ0) is 13.2. The molecule has 1 aliphatic heterocycles. The predicted octanol–water partition coefficient (Wildman–Crippen LogP) is 4.99. The lowest BCUT2D eigenvalue weighted by molar-refractivity contribution is 0.250. The summed E-state index contributed by atoms with van der Waals surface area (Å²) in [6.07, 6.45) is 2.38. The molecule has 0 aliphatic carbocycles. The van der Waals surface area contributed by atoms with Crippen LogP contribution < -0.4 is 0 Å². The van der Waals surface area contributed by atoms with Crippen LogP contribution in [-0.2, 0) is 6.54 Å². The van der Waals surface area contributed by atoms with Crippen LogP contribution in [0.15, 0.2) is 40.2 Å². The number of hydrogen-bond acceptors (Lipinski definition) is 2. The van der Waals surface area contributed by atoms with Gasteiger partial charge in [0.1, 0.15) is 5.82 Å². The van der Waals surface area contributed by atoms with Crippen LogP contribution in [0.4, 0.5) is 4.39 Å². The molecule has 1 aromatic heterocycles. The maximum Gasteiger partial charge on any atom is 0.123 e. The smallest absolute Gasteiger partial charge is 0.123 e. The molecule has 4 heteroatoms. The lowest BCUT2D eigenvalue weighted by atomic mass is 10.0. The summed E-state index contributed by atoms with van der Waals surface area (Å²) in [6, 6.07) is 11.7. The van der Waals surface area contributed by atoms with Crippen molar-refractivity contribution in [3.63, 3.8) is 0 Å². The molecule has 1 nitrogen and oxygen atoms in total. The van der Waals surface area contributed by atoms with Gasteiger partial charge in [0.25, 0.3) is 0 Å². The van der Waals surface area contributed by atoms with E-state index in [4.69, 9.17) is 0 Å². The highest BCUT2D eigenvalue weighted by Crippen LogP contribution is 2.34. The summed E-state index contributed by atoms with van der Waals surface area (Å²) >= 11 is 5.30. The maximum atomic E-state index is 13.0. The van der Waals surface area contributed by atoms with Crippen LogP contribution in [-0.4, -0.2) is 11.4 Å². The molecular weight excluding hydrogens is 325 g/mol. The van der Waals surface area contributed by atoms with Gasteiger partial charge < -0.3 is 0 Å². The number of thiophene rings is 1. The first-order valence-electron chi connectivity index (χ1n) is 6.46. The van der Waals surface area contributed by atoms with Crippen molar-refractivity contribution in [2.24, 2.45) is 0 Å². The van der Waals surface area contributed by atoms with Crippen LogP contribution in [0, 0.1) is 5.82 Å². The third kappa shape index (κ3) is 3.07. The quantitative estimate of drug-likeness (QED) is 0.761. The summed E-state index contributed by atoms with van der Waals surface area (Å²) in [5, 5.41) is 0. The first kappa shape index (κ1) is 13.3. The van der Waals surface area contributed by atoms with Crippen LogP contribution in [0.25, 0.3) is 0 Å². The number of benzene rings is 1. The summed E-state index contributed by atoms with van der Waals surface area (Å²) in [5.74, 6) is -0.157. The van der Waals surface area contributed by atoms with Crippen molar-refractivity contribution in [1.82, 2.24) is 4.90 Å². The summed E-state index contributed by atoms with van der Waals surface area (Å²) in [4.78, 5) is 3.87. The molecule has 0 bridgehead atoms. The van der Waals surface area contributed by atoms with Gasteiger partial charge in [0, 0.05) is 17.5 Å². The van der Waals surface area contributed by atoms with Crippen molar-refractivity contribution in [3.05, 3.63) is 56.4 Å². The zero-order valence-electron chi connectivity index (χ0n) is 10.5. The van der Waals surface area contributed by atoms with Crippen LogP contribution >= 0.6 is 27.3 Å². The first-order chi connectivity index (χ1) is 9.22. The van der Waals surface area contributed by atoms with Crippen LogP contribution in [0.1, 0.15) is 29.3 Å². The van der Waals surface area contributed by atoms with Crippen molar-refractivity contribution >= 4 is 27.3 Å². The molecule has 0 unspecified atom stereocenters. The Morgan fingerprint density at radius 3 is 2.68 bits per heavy atom. The van der Waals surface area contributed by atoms with Crippen molar-refractivity contribution in [3.8, 4) is 0 Å². The molecule has 0 N–H and O–H groups in total. The highest BCUT2D eigenvalue weighted by molar-refractivity contribution is 9.11. The van der Waals surface area contributed by atoms with Crippen molar-refractivity contribution in [2.75, 3.05) is 6.54 Å². The molecule has 1 atom stereocenters. The number of nitrogens with zero attached hydrogens (tertiary/aromatic N) is 1. The molecule has 1 fully saturated rings. The second-order valence-corrected chi connectivity index (χ2v) is 7.43. The van der Waals surface area contributed by atoms with Gasteiger partial charge in [-0.2, -0.15) is 0 Å². The molecule has 100 valence electrons. The molecule has 3 rings (SSSR count). The molecule has 0 radical (unpaired) electrons. The largest absolute Gasteiger partial charge is 0.291 e. The Morgan fingerprint density at radius 1 is 1.21 bits per heavy atom. The first-order valence-corrected chi connectivity index (χ1v) is 8.07. The van der Waals surface area contributed by atoms with E-state index in [0.717, 1.165) is 19.5 Å².